The molecule has 0 saturated carbocycles. The number of imidazole rings is 1. The first-order chi connectivity index (χ1) is 13.1. The molecule has 0 radical (unpaired) electrons. The number of nitro groups is 1. The van der Waals surface area contributed by atoms with E-state index < -0.39 is 4.92 Å². The van der Waals surface area contributed by atoms with Crippen molar-refractivity contribution in [3.8, 4) is 11.4 Å². The lowest BCUT2D eigenvalue weighted by Gasteiger charge is -2.04. The van der Waals surface area contributed by atoms with Crippen LogP contribution in [0.25, 0.3) is 22.4 Å². The Labute approximate surface area is 153 Å². The minimum Gasteiger partial charge on any atom is -0.338 e. The van der Waals surface area contributed by atoms with Crippen LogP contribution in [-0.2, 0) is 0 Å². The molecular formula is C19H13N5O3. The first kappa shape index (κ1) is 16.4. The molecule has 2 aromatic carbocycles. The highest BCUT2D eigenvalue weighted by atomic mass is 16.6. The van der Waals surface area contributed by atoms with Gasteiger partial charge in [0.2, 0.25) is 0 Å². The van der Waals surface area contributed by atoms with Crippen molar-refractivity contribution in [1.82, 2.24) is 15.0 Å². The summed E-state index contributed by atoms with van der Waals surface area (Å²) in [6, 6.07) is 14.7. The summed E-state index contributed by atoms with van der Waals surface area (Å²) in [6.07, 6.45) is 3.20. The smallest absolute Gasteiger partial charge is 0.269 e. The Bertz CT molecular complexity index is 1140. The molecule has 2 N–H and O–H groups in total. The van der Waals surface area contributed by atoms with E-state index in [1.54, 1.807) is 54.9 Å². The SMILES string of the molecule is O=C(Nc1ccncc1)c1ccc2nc(-c3ccc([N+](=O)[O-])cc3)[nH]c2c1. The lowest BCUT2D eigenvalue weighted by atomic mass is 10.2. The third-order valence-corrected chi connectivity index (χ3v) is 4.03. The van der Waals surface area contributed by atoms with Crippen molar-refractivity contribution < 1.29 is 9.72 Å². The Balaban J connectivity index is 1.61. The van der Waals surface area contributed by atoms with E-state index in [0.717, 1.165) is 5.56 Å². The summed E-state index contributed by atoms with van der Waals surface area (Å²) in [6.45, 7) is 0. The zero-order chi connectivity index (χ0) is 18.8. The summed E-state index contributed by atoms with van der Waals surface area (Å²) < 4.78 is 0. The highest BCUT2D eigenvalue weighted by Gasteiger charge is 2.11. The summed E-state index contributed by atoms with van der Waals surface area (Å²) in [5.41, 5.74) is 3.28. The number of benzene rings is 2. The summed E-state index contributed by atoms with van der Waals surface area (Å²) in [5.74, 6) is 0.334. The van der Waals surface area contributed by atoms with Gasteiger partial charge in [0.25, 0.3) is 11.6 Å². The van der Waals surface area contributed by atoms with Gasteiger partial charge in [0.05, 0.1) is 16.0 Å². The number of nitrogens with zero attached hydrogens (tertiary/aromatic N) is 3. The van der Waals surface area contributed by atoms with Crippen LogP contribution in [0.15, 0.2) is 67.0 Å². The number of nitro benzene ring substituents is 1. The van der Waals surface area contributed by atoms with Crippen molar-refractivity contribution in [3.63, 3.8) is 0 Å². The number of non-ortho nitro benzene ring substituents is 1. The number of hydrogen-bond donors (Lipinski definition) is 2. The molecule has 2 aromatic heterocycles. The van der Waals surface area contributed by atoms with E-state index in [-0.39, 0.29) is 11.6 Å². The van der Waals surface area contributed by atoms with Gasteiger partial charge >= 0.3 is 0 Å². The zero-order valence-corrected chi connectivity index (χ0v) is 13.9. The number of rotatable bonds is 4. The fourth-order valence-electron chi connectivity index (χ4n) is 2.67. The third kappa shape index (κ3) is 3.36. The molecule has 0 aliphatic rings. The van der Waals surface area contributed by atoms with Crippen LogP contribution in [-0.4, -0.2) is 25.8 Å². The number of fused-ring (bicyclic) bond motifs is 1. The molecule has 0 unspecified atom stereocenters. The quantitative estimate of drug-likeness (QED) is 0.425. The molecular weight excluding hydrogens is 346 g/mol. The van der Waals surface area contributed by atoms with Gasteiger partial charge in [0.15, 0.2) is 0 Å². The number of H-pyrrole nitrogens is 1. The Morgan fingerprint density at radius 1 is 1.04 bits per heavy atom. The van der Waals surface area contributed by atoms with Crippen molar-refractivity contribution in [2.75, 3.05) is 5.32 Å². The molecule has 0 saturated heterocycles. The second-order valence-corrected chi connectivity index (χ2v) is 5.81. The number of carbonyl (C=O) groups excluding carboxylic acids is 1. The average Bonchev–Trinajstić information content (AvgIpc) is 3.12. The lowest BCUT2D eigenvalue weighted by Crippen LogP contribution is -2.11. The topological polar surface area (TPSA) is 114 Å². The van der Waals surface area contributed by atoms with Crippen LogP contribution in [0.4, 0.5) is 11.4 Å². The third-order valence-electron chi connectivity index (χ3n) is 4.03. The second-order valence-electron chi connectivity index (χ2n) is 5.81. The van der Waals surface area contributed by atoms with Crippen molar-refractivity contribution in [3.05, 3.63) is 82.7 Å². The monoisotopic (exact) mass is 359 g/mol. The number of carbonyl (C=O) groups is 1. The molecule has 8 nitrogen and oxygen atoms in total. The van der Waals surface area contributed by atoms with Crippen LogP contribution >= 0.6 is 0 Å². The second kappa shape index (κ2) is 6.68. The number of aromatic amines is 1. The lowest BCUT2D eigenvalue weighted by molar-refractivity contribution is -0.384. The average molecular weight is 359 g/mol. The zero-order valence-electron chi connectivity index (χ0n) is 13.9. The largest absolute Gasteiger partial charge is 0.338 e. The molecule has 0 spiro atoms. The fraction of sp³-hybridized carbons (Fsp3) is 0. The number of aromatic nitrogens is 3. The molecule has 0 aliphatic carbocycles. The van der Waals surface area contributed by atoms with Crippen LogP contribution in [0.2, 0.25) is 0 Å². The minimum absolute atomic E-state index is 0.0185. The normalized spacial score (nSPS) is 10.7. The molecule has 0 aliphatic heterocycles. The predicted octanol–water partition coefficient (Wildman–Crippen LogP) is 3.79. The Morgan fingerprint density at radius 3 is 2.48 bits per heavy atom. The number of pyridine rings is 1. The van der Waals surface area contributed by atoms with Crippen molar-refractivity contribution in [2.45, 2.75) is 0 Å². The van der Waals surface area contributed by atoms with E-state index in [2.05, 4.69) is 20.3 Å². The molecule has 4 rings (SSSR count). The highest BCUT2D eigenvalue weighted by Crippen LogP contribution is 2.23. The molecule has 27 heavy (non-hydrogen) atoms. The summed E-state index contributed by atoms with van der Waals surface area (Å²) in [7, 11) is 0. The van der Waals surface area contributed by atoms with Crippen molar-refractivity contribution in [1.29, 1.82) is 0 Å². The standard InChI is InChI=1S/C19H13N5O3/c25-19(21-14-7-9-20-10-8-14)13-3-6-16-17(11-13)23-18(22-16)12-1-4-15(5-2-12)24(26)27/h1-11H,(H,22,23)(H,20,21,25). The van der Waals surface area contributed by atoms with Gasteiger partial charge in [0, 0.05) is 41.3 Å². The van der Waals surface area contributed by atoms with E-state index in [1.165, 1.54) is 12.1 Å². The van der Waals surface area contributed by atoms with E-state index in [1.807, 2.05) is 0 Å². The highest BCUT2D eigenvalue weighted by molar-refractivity contribution is 6.06. The molecule has 8 heteroatoms. The van der Waals surface area contributed by atoms with Crippen LogP contribution in [0.1, 0.15) is 10.4 Å². The van der Waals surface area contributed by atoms with E-state index >= 15 is 0 Å². The van der Waals surface area contributed by atoms with Gasteiger partial charge < -0.3 is 10.3 Å². The van der Waals surface area contributed by atoms with Crippen LogP contribution in [0.5, 0.6) is 0 Å². The number of amides is 1. The van der Waals surface area contributed by atoms with E-state index in [4.69, 9.17) is 0 Å². The summed E-state index contributed by atoms with van der Waals surface area (Å²) in [5, 5.41) is 13.6. The maximum absolute atomic E-state index is 12.4. The van der Waals surface area contributed by atoms with E-state index in [0.29, 0.717) is 28.1 Å². The van der Waals surface area contributed by atoms with Gasteiger partial charge in [-0.2, -0.15) is 0 Å². The van der Waals surface area contributed by atoms with E-state index in [9.17, 15) is 14.9 Å². The molecule has 0 fully saturated rings. The van der Waals surface area contributed by atoms with Crippen LogP contribution in [0.3, 0.4) is 0 Å². The number of hydrogen-bond acceptors (Lipinski definition) is 5. The number of nitrogens with one attached hydrogen (secondary N) is 2. The first-order valence-corrected chi connectivity index (χ1v) is 8.06. The Hall–Kier alpha value is -4.07. The summed E-state index contributed by atoms with van der Waals surface area (Å²) >= 11 is 0. The van der Waals surface area contributed by atoms with Crippen molar-refractivity contribution in [2.24, 2.45) is 0 Å². The van der Waals surface area contributed by atoms with Crippen LogP contribution in [0, 0.1) is 10.1 Å². The van der Waals surface area contributed by atoms with Gasteiger partial charge in [-0.05, 0) is 42.5 Å². The maximum atomic E-state index is 12.4. The molecule has 1 amide bonds. The van der Waals surface area contributed by atoms with Gasteiger partial charge in [-0.15, -0.1) is 0 Å². The van der Waals surface area contributed by atoms with Gasteiger partial charge in [-0.3, -0.25) is 19.9 Å². The van der Waals surface area contributed by atoms with Crippen molar-refractivity contribution >= 4 is 28.3 Å². The molecule has 2 heterocycles. The first-order valence-electron chi connectivity index (χ1n) is 8.06. The van der Waals surface area contributed by atoms with Crippen LogP contribution < -0.4 is 5.32 Å². The van der Waals surface area contributed by atoms with Gasteiger partial charge in [-0.25, -0.2) is 4.98 Å². The molecule has 0 bridgehead atoms. The Morgan fingerprint density at radius 2 is 1.78 bits per heavy atom. The van der Waals surface area contributed by atoms with Gasteiger partial charge in [-0.1, -0.05) is 0 Å². The molecule has 4 aromatic rings. The number of anilines is 1. The molecule has 0 atom stereocenters. The predicted molar refractivity (Wildman–Crippen MR) is 100 cm³/mol. The maximum Gasteiger partial charge on any atom is 0.269 e. The minimum atomic E-state index is -0.448. The Kier molecular flexibility index (Phi) is 4.06. The summed E-state index contributed by atoms with van der Waals surface area (Å²) in [4.78, 5) is 34.3. The van der Waals surface area contributed by atoms with Gasteiger partial charge in [0.1, 0.15) is 5.82 Å². The fourth-order valence-corrected chi connectivity index (χ4v) is 2.67. The molecule has 132 valence electrons.